The third-order valence-electron chi connectivity index (χ3n) is 4.11. The first-order chi connectivity index (χ1) is 13.2. The molecule has 9 heteroatoms. The zero-order valence-electron chi connectivity index (χ0n) is 15.1. The Hall–Kier alpha value is -3.36. The van der Waals surface area contributed by atoms with E-state index < -0.39 is 17.6 Å². The lowest BCUT2D eigenvalue weighted by Crippen LogP contribution is -2.21. The molecule has 6 nitrogen and oxygen atoms in total. The van der Waals surface area contributed by atoms with E-state index in [1.807, 2.05) is 19.9 Å². The molecule has 3 rings (SSSR count). The smallest absolute Gasteiger partial charge is 0.416 e. The van der Waals surface area contributed by atoms with E-state index in [2.05, 4.69) is 15.4 Å². The highest BCUT2D eigenvalue weighted by Crippen LogP contribution is 2.33. The highest BCUT2D eigenvalue weighted by atomic mass is 19.4. The average Bonchev–Trinajstić information content (AvgIpc) is 3.16. The molecule has 1 aromatic heterocycles. The fourth-order valence-corrected chi connectivity index (χ4v) is 2.48. The number of carbonyl (C=O) groups excluding carboxylic acids is 1. The van der Waals surface area contributed by atoms with Crippen LogP contribution in [0.25, 0.3) is 5.69 Å². The summed E-state index contributed by atoms with van der Waals surface area (Å²) >= 11 is 0. The molecule has 2 aromatic carbocycles. The van der Waals surface area contributed by atoms with Crippen molar-refractivity contribution in [3.05, 3.63) is 65.7 Å². The number of halogens is 3. The minimum atomic E-state index is -4.55. The second-order valence-electron chi connectivity index (χ2n) is 6.15. The van der Waals surface area contributed by atoms with Crippen LogP contribution < -0.4 is 10.1 Å². The number of benzene rings is 2. The summed E-state index contributed by atoms with van der Waals surface area (Å²) < 4.78 is 45.8. The minimum Gasteiger partial charge on any atom is -0.484 e. The molecule has 146 valence electrons. The van der Waals surface area contributed by atoms with E-state index in [1.54, 1.807) is 12.1 Å². The molecular weight excluding hydrogens is 373 g/mol. The number of carbonyl (C=O) groups is 1. The van der Waals surface area contributed by atoms with Gasteiger partial charge < -0.3 is 10.1 Å². The summed E-state index contributed by atoms with van der Waals surface area (Å²) in [7, 11) is 0. The van der Waals surface area contributed by atoms with Crippen molar-refractivity contribution in [3.8, 4) is 11.4 Å². The summed E-state index contributed by atoms with van der Waals surface area (Å²) in [5, 5.41) is 6.35. The molecule has 0 unspecified atom stereocenters. The molecular formula is C19H17F3N4O2. The lowest BCUT2D eigenvalue weighted by molar-refractivity contribution is -0.137. The minimum absolute atomic E-state index is 0.0472. The number of nitrogens with one attached hydrogen (secondary N) is 1. The summed E-state index contributed by atoms with van der Waals surface area (Å²) in [6.07, 6.45) is -1.98. The van der Waals surface area contributed by atoms with Gasteiger partial charge in [0.1, 0.15) is 18.4 Å². The maximum atomic E-state index is 13.0. The molecule has 3 aromatic rings. The van der Waals surface area contributed by atoms with E-state index in [1.165, 1.54) is 23.4 Å². The fourth-order valence-electron chi connectivity index (χ4n) is 2.48. The van der Waals surface area contributed by atoms with Crippen LogP contribution in [0.4, 0.5) is 18.9 Å². The Balaban J connectivity index is 1.79. The Kier molecular flexibility index (Phi) is 5.34. The molecule has 0 atom stereocenters. The van der Waals surface area contributed by atoms with Gasteiger partial charge in [0.15, 0.2) is 6.61 Å². The van der Waals surface area contributed by atoms with E-state index in [-0.39, 0.29) is 18.0 Å². The second-order valence-corrected chi connectivity index (χ2v) is 6.15. The molecule has 0 radical (unpaired) electrons. The molecule has 0 aliphatic carbocycles. The van der Waals surface area contributed by atoms with Crippen LogP contribution in [0.15, 0.2) is 49.1 Å². The zero-order chi connectivity index (χ0) is 20.3. The van der Waals surface area contributed by atoms with Crippen LogP contribution in [0, 0.1) is 13.8 Å². The van der Waals surface area contributed by atoms with Crippen LogP contribution in [0.5, 0.6) is 5.75 Å². The summed E-state index contributed by atoms with van der Waals surface area (Å²) in [4.78, 5) is 16.0. The van der Waals surface area contributed by atoms with Gasteiger partial charge in [0.25, 0.3) is 5.91 Å². The largest absolute Gasteiger partial charge is 0.484 e. The van der Waals surface area contributed by atoms with E-state index in [9.17, 15) is 18.0 Å². The predicted molar refractivity (Wildman–Crippen MR) is 96.4 cm³/mol. The van der Waals surface area contributed by atoms with Gasteiger partial charge in [-0.3, -0.25) is 4.79 Å². The van der Waals surface area contributed by atoms with Crippen LogP contribution in [0.2, 0.25) is 0 Å². The maximum Gasteiger partial charge on any atom is 0.416 e. The quantitative estimate of drug-likeness (QED) is 0.717. The van der Waals surface area contributed by atoms with Crippen molar-refractivity contribution < 1.29 is 22.7 Å². The number of rotatable bonds is 5. The summed E-state index contributed by atoms with van der Waals surface area (Å²) in [5.41, 5.74) is 1.41. The highest BCUT2D eigenvalue weighted by molar-refractivity contribution is 5.94. The van der Waals surface area contributed by atoms with E-state index in [4.69, 9.17) is 4.74 Å². The van der Waals surface area contributed by atoms with Crippen molar-refractivity contribution in [2.45, 2.75) is 20.0 Å². The Bertz CT molecular complexity index is 985. The van der Waals surface area contributed by atoms with Crippen molar-refractivity contribution in [2.24, 2.45) is 0 Å². The van der Waals surface area contributed by atoms with Gasteiger partial charge in [0, 0.05) is 0 Å². The number of alkyl halides is 3. The van der Waals surface area contributed by atoms with Crippen LogP contribution in [-0.4, -0.2) is 27.3 Å². The van der Waals surface area contributed by atoms with E-state index >= 15 is 0 Å². The molecule has 1 heterocycles. The van der Waals surface area contributed by atoms with Crippen LogP contribution in [0.1, 0.15) is 16.7 Å². The van der Waals surface area contributed by atoms with Crippen LogP contribution in [0.3, 0.4) is 0 Å². The number of hydrogen-bond donors (Lipinski definition) is 1. The molecule has 0 bridgehead atoms. The van der Waals surface area contributed by atoms with Crippen molar-refractivity contribution in [2.75, 3.05) is 11.9 Å². The van der Waals surface area contributed by atoms with Gasteiger partial charge in [-0.1, -0.05) is 6.07 Å². The number of aromatic nitrogens is 3. The number of hydrogen-bond acceptors (Lipinski definition) is 4. The van der Waals surface area contributed by atoms with Crippen molar-refractivity contribution in [1.29, 1.82) is 0 Å². The molecule has 28 heavy (non-hydrogen) atoms. The molecule has 0 saturated heterocycles. The van der Waals surface area contributed by atoms with Gasteiger partial charge in [-0.05, 0) is 55.3 Å². The second kappa shape index (κ2) is 7.71. The summed E-state index contributed by atoms with van der Waals surface area (Å²) in [5.74, 6) is -0.0993. The van der Waals surface area contributed by atoms with Gasteiger partial charge in [-0.25, -0.2) is 9.67 Å². The standard InChI is InChI=1S/C19H17F3N4O2/c1-12-3-5-15(7-13(12)2)28-9-18(27)25-16-8-14(19(20,21)22)4-6-17(16)26-11-23-10-24-26/h3-8,10-11H,9H2,1-2H3,(H,25,27). The van der Waals surface area contributed by atoms with Gasteiger partial charge in [0.2, 0.25) is 0 Å². The lowest BCUT2D eigenvalue weighted by atomic mass is 10.1. The first-order valence-corrected chi connectivity index (χ1v) is 8.30. The Morgan fingerprint density at radius 1 is 1.14 bits per heavy atom. The first kappa shape index (κ1) is 19.4. The van der Waals surface area contributed by atoms with E-state index in [0.717, 1.165) is 23.3 Å². The van der Waals surface area contributed by atoms with Crippen molar-refractivity contribution >= 4 is 11.6 Å². The van der Waals surface area contributed by atoms with Crippen LogP contribution in [-0.2, 0) is 11.0 Å². The van der Waals surface area contributed by atoms with Gasteiger partial charge >= 0.3 is 6.18 Å². The number of anilines is 1. The molecule has 0 saturated carbocycles. The Morgan fingerprint density at radius 2 is 1.93 bits per heavy atom. The number of nitrogens with zero attached hydrogens (tertiary/aromatic N) is 3. The molecule has 0 fully saturated rings. The monoisotopic (exact) mass is 390 g/mol. The third-order valence-corrected chi connectivity index (χ3v) is 4.11. The molecule has 0 spiro atoms. The molecule has 0 aliphatic heterocycles. The van der Waals surface area contributed by atoms with Crippen molar-refractivity contribution in [1.82, 2.24) is 14.8 Å². The zero-order valence-corrected chi connectivity index (χ0v) is 15.1. The fraction of sp³-hybridized carbons (Fsp3) is 0.211. The number of amides is 1. The van der Waals surface area contributed by atoms with Crippen LogP contribution >= 0.6 is 0 Å². The maximum absolute atomic E-state index is 13.0. The number of aryl methyl sites for hydroxylation is 2. The molecule has 1 amide bonds. The summed E-state index contributed by atoms with van der Waals surface area (Å²) in [6, 6.07) is 8.35. The normalized spacial score (nSPS) is 11.3. The third kappa shape index (κ3) is 4.48. The highest BCUT2D eigenvalue weighted by Gasteiger charge is 2.31. The SMILES string of the molecule is Cc1ccc(OCC(=O)Nc2cc(C(F)(F)F)ccc2-n2cncn2)cc1C. The molecule has 1 N–H and O–H groups in total. The Labute approximate surface area is 159 Å². The van der Waals surface area contributed by atoms with Gasteiger partial charge in [0.05, 0.1) is 16.9 Å². The first-order valence-electron chi connectivity index (χ1n) is 8.30. The summed E-state index contributed by atoms with van der Waals surface area (Å²) in [6.45, 7) is 3.51. The predicted octanol–water partition coefficient (Wildman–Crippen LogP) is 3.92. The van der Waals surface area contributed by atoms with E-state index in [0.29, 0.717) is 5.75 Å². The van der Waals surface area contributed by atoms with Gasteiger partial charge in [-0.15, -0.1) is 0 Å². The molecule has 0 aliphatic rings. The van der Waals surface area contributed by atoms with Crippen molar-refractivity contribution in [3.63, 3.8) is 0 Å². The number of ether oxygens (including phenoxy) is 1. The topological polar surface area (TPSA) is 69.0 Å². The van der Waals surface area contributed by atoms with Gasteiger partial charge in [-0.2, -0.15) is 18.3 Å². The lowest BCUT2D eigenvalue weighted by Gasteiger charge is -2.15. The average molecular weight is 390 g/mol. The Morgan fingerprint density at radius 3 is 2.57 bits per heavy atom.